The van der Waals surface area contributed by atoms with E-state index in [1.54, 1.807) is 4.90 Å². The van der Waals surface area contributed by atoms with Gasteiger partial charge in [0.15, 0.2) is 6.10 Å². The molecule has 2 amide bonds. The second kappa shape index (κ2) is 10.7. The van der Waals surface area contributed by atoms with E-state index in [4.69, 9.17) is 16.3 Å². The third kappa shape index (κ3) is 5.42. The molecule has 0 saturated heterocycles. The van der Waals surface area contributed by atoms with Gasteiger partial charge >= 0.3 is 0 Å². The van der Waals surface area contributed by atoms with Gasteiger partial charge in [-0.05, 0) is 54.3 Å². The lowest BCUT2D eigenvalue weighted by molar-refractivity contribution is -0.139. The maximum Gasteiger partial charge on any atom is 0.264 e. The maximum atomic E-state index is 13.2. The van der Waals surface area contributed by atoms with Crippen LogP contribution < -0.4 is 10.1 Å². The van der Waals surface area contributed by atoms with Crippen LogP contribution in [0.1, 0.15) is 49.3 Å². The van der Waals surface area contributed by atoms with Crippen LogP contribution >= 0.6 is 11.6 Å². The molecule has 0 aliphatic carbocycles. The zero-order valence-corrected chi connectivity index (χ0v) is 20.2. The molecular weight excluding hydrogens is 448 g/mol. The summed E-state index contributed by atoms with van der Waals surface area (Å²) < 4.78 is 6.08. The molecule has 0 bridgehead atoms. The van der Waals surface area contributed by atoms with Crippen LogP contribution in [0.2, 0.25) is 5.02 Å². The number of amides is 2. The Morgan fingerprint density at radius 1 is 1.09 bits per heavy atom. The topological polar surface area (TPSA) is 58.6 Å². The third-order valence-corrected chi connectivity index (χ3v) is 6.38. The molecule has 2 atom stereocenters. The Labute approximate surface area is 205 Å². The molecule has 0 radical (unpaired) electrons. The van der Waals surface area contributed by atoms with Crippen molar-refractivity contribution in [3.8, 4) is 5.75 Å². The van der Waals surface area contributed by atoms with Gasteiger partial charge in [0, 0.05) is 29.4 Å². The van der Waals surface area contributed by atoms with E-state index in [0.717, 1.165) is 16.7 Å². The largest absolute Gasteiger partial charge is 0.480 e. The number of rotatable bonds is 7. The van der Waals surface area contributed by atoms with Gasteiger partial charge in [-0.2, -0.15) is 0 Å². The quantitative estimate of drug-likeness (QED) is 0.443. The molecule has 6 heteroatoms. The number of carbonyl (C=O) groups is 2. The first-order chi connectivity index (χ1) is 16.5. The molecule has 1 aliphatic rings. The molecule has 0 spiro atoms. The Bertz CT molecular complexity index is 1150. The summed E-state index contributed by atoms with van der Waals surface area (Å²) in [6, 6.07) is 22.9. The van der Waals surface area contributed by atoms with Crippen molar-refractivity contribution in [3.63, 3.8) is 0 Å². The van der Waals surface area contributed by atoms with Gasteiger partial charge < -0.3 is 15.0 Å². The summed E-state index contributed by atoms with van der Waals surface area (Å²) in [5.74, 6) is 0.341. The minimum absolute atomic E-state index is 0.0469. The molecular formula is C28H29ClN2O3. The molecule has 3 aromatic carbocycles. The molecule has 5 nitrogen and oxygen atoms in total. The lowest BCUT2D eigenvalue weighted by Gasteiger charge is -2.23. The minimum Gasteiger partial charge on any atom is -0.480 e. The summed E-state index contributed by atoms with van der Waals surface area (Å²) in [5.41, 5.74) is 3.54. The van der Waals surface area contributed by atoms with E-state index in [1.165, 1.54) is 0 Å². The van der Waals surface area contributed by atoms with Crippen molar-refractivity contribution in [2.75, 3.05) is 5.32 Å². The molecule has 0 unspecified atom stereocenters. The van der Waals surface area contributed by atoms with Crippen LogP contribution in [0.15, 0.2) is 72.8 Å². The number of nitrogens with one attached hydrogen (secondary N) is 1. The first-order valence-electron chi connectivity index (χ1n) is 11.7. The van der Waals surface area contributed by atoms with Crippen molar-refractivity contribution in [3.05, 3.63) is 94.5 Å². The lowest BCUT2D eigenvalue weighted by Crippen LogP contribution is -2.38. The van der Waals surface area contributed by atoms with E-state index in [0.29, 0.717) is 42.4 Å². The van der Waals surface area contributed by atoms with Crippen molar-refractivity contribution in [1.82, 2.24) is 4.90 Å². The van der Waals surface area contributed by atoms with Gasteiger partial charge in [0.05, 0.1) is 5.92 Å². The maximum absolute atomic E-state index is 13.2. The fraction of sp³-hybridized carbons (Fsp3) is 0.286. The number of halogens is 1. The summed E-state index contributed by atoms with van der Waals surface area (Å²) in [4.78, 5) is 28.0. The Hall–Kier alpha value is -3.31. The monoisotopic (exact) mass is 476 g/mol. The van der Waals surface area contributed by atoms with Gasteiger partial charge in [0.1, 0.15) is 5.75 Å². The van der Waals surface area contributed by atoms with Gasteiger partial charge in [-0.25, -0.2) is 0 Å². The molecule has 0 saturated carbocycles. The smallest absolute Gasteiger partial charge is 0.264 e. The molecule has 0 aromatic heterocycles. The SMILES string of the molecule is CC[C@@H]1Oc2ccc(NC(=O)[C@@H](CC)c3ccccc3)cc2CN(Cc2ccc(Cl)cc2)C1=O. The highest BCUT2D eigenvalue weighted by Gasteiger charge is 2.30. The number of hydrogen-bond acceptors (Lipinski definition) is 3. The average Bonchev–Trinajstić information content (AvgIpc) is 2.97. The summed E-state index contributed by atoms with van der Waals surface area (Å²) in [6.07, 6.45) is 0.728. The fourth-order valence-corrected chi connectivity index (χ4v) is 4.40. The number of benzene rings is 3. The number of carbonyl (C=O) groups excluding carboxylic acids is 2. The molecule has 4 rings (SSSR count). The first kappa shape index (κ1) is 23.8. The Morgan fingerprint density at radius 2 is 1.82 bits per heavy atom. The van der Waals surface area contributed by atoms with Gasteiger partial charge in [-0.15, -0.1) is 0 Å². The highest BCUT2D eigenvalue weighted by molar-refractivity contribution is 6.30. The second-order valence-electron chi connectivity index (χ2n) is 8.52. The van der Waals surface area contributed by atoms with Crippen molar-refractivity contribution in [2.45, 2.75) is 51.8 Å². The van der Waals surface area contributed by atoms with Crippen LogP contribution in [0.25, 0.3) is 0 Å². The number of fused-ring (bicyclic) bond motifs is 1. The van der Waals surface area contributed by atoms with Crippen molar-refractivity contribution >= 4 is 29.1 Å². The standard InChI is InChI=1S/C28H29ClN2O3/c1-3-24(20-8-6-5-7-9-20)27(32)30-23-14-15-26-21(16-23)18-31(28(33)25(4-2)34-26)17-19-10-12-22(29)13-11-19/h5-16,24-25H,3-4,17-18H2,1-2H3,(H,30,32)/t24-,25-/m0/s1. The van der Waals surface area contributed by atoms with Crippen molar-refractivity contribution < 1.29 is 14.3 Å². The Morgan fingerprint density at radius 3 is 2.50 bits per heavy atom. The van der Waals surface area contributed by atoms with Crippen LogP contribution in [-0.2, 0) is 22.7 Å². The van der Waals surface area contributed by atoms with Crippen LogP contribution in [0.5, 0.6) is 5.75 Å². The number of nitrogens with zero attached hydrogens (tertiary/aromatic N) is 1. The molecule has 1 aliphatic heterocycles. The van der Waals surface area contributed by atoms with Crippen LogP contribution in [0.4, 0.5) is 5.69 Å². The molecule has 0 fully saturated rings. The van der Waals surface area contributed by atoms with Crippen LogP contribution in [0, 0.1) is 0 Å². The van der Waals surface area contributed by atoms with Gasteiger partial charge in [-0.1, -0.05) is 67.9 Å². The van der Waals surface area contributed by atoms with E-state index in [2.05, 4.69) is 5.32 Å². The predicted octanol–water partition coefficient (Wildman–Crippen LogP) is 6.17. The second-order valence-corrected chi connectivity index (χ2v) is 8.96. The van der Waals surface area contributed by atoms with Crippen molar-refractivity contribution in [2.24, 2.45) is 0 Å². The summed E-state index contributed by atoms with van der Waals surface area (Å²) in [7, 11) is 0. The van der Waals surface area contributed by atoms with Gasteiger partial charge in [0.2, 0.25) is 5.91 Å². The summed E-state index contributed by atoms with van der Waals surface area (Å²) in [6.45, 7) is 4.80. The van der Waals surface area contributed by atoms with E-state index in [1.807, 2.05) is 86.6 Å². The molecule has 1 N–H and O–H groups in total. The van der Waals surface area contributed by atoms with Crippen molar-refractivity contribution in [1.29, 1.82) is 0 Å². The van der Waals surface area contributed by atoms with E-state index >= 15 is 0 Å². The molecule has 176 valence electrons. The highest BCUT2D eigenvalue weighted by atomic mass is 35.5. The first-order valence-corrected chi connectivity index (χ1v) is 12.0. The van der Waals surface area contributed by atoms with Crippen LogP contribution in [0.3, 0.4) is 0 Å². The van der Waals surface area contributed by atoms with E-state index in [-0.39, 0.29) is 17.7 Å². The van der Waals surface area contributed by atoms with E-state index < -0.39 is 6.10 Å². The fourth-order valence-electron chi connectivity index (χ4n) is 4.28. The lowest BCUT2D eigenvalue weighted by atomic mass is 9.95. The third-order valence-electron chi connectivity index (χ3n) is 6.13. The summed E-state index contributed by atoms with van der Waals surface area (Å²) in [5, 5.41) is 3.72. The average molecular weight is 477 g/mol. The summed E-state index contributed by atoms with van der Waals surface area (Å²) >= 11 is 6.02. The highest BCUT2D eigenvalue weighted by Crippen LogP contribution is 2.31. The Balaban J connectivity index is 1.56. The predicted molar refractivity (Wildman–Crippen MR) is 135 cm³/mol. The van der Waals surface area contributed by atoms with Gasteiger partial charge in [0.25, 0.3) is 5.91 Å². The normalized spacial score (nSPS) is 16.3. The number of anilines is 1. The van der Waals surface area contributed by atoms with E-state index in [9.17, 15) is 9.59 Å². The molecule has 34 heavy (non-hydrogen) atoms. The molecule has 1 heterocycles. The minimum atomic E-state index is -0.545. The van der Waals surface area contributed by atoms with Gasteiger partial charge in [-0.3, -0.25) is 9.59 Å². The Kier molecular flexibility index (Phi) is 7.53. The van der Waals surface area contributed by atoms with Crippen LogP contribution in [-0.4, -0.2) is 22.8 Å². The number of ether oxygens (including phenoxy) is 1. The zero-order valence-electron chi connectivity index (χ0n) is 19.5. The molecule has 3 aromatic rings. The zero-order chi connectivity index (χ0) is 24.1. The number of hydrogen-bond donors (Lipinski definition) is 1.